The van der Waals surface area contributed by atoms with E-state index in [2.05, 4.69) is 40.9 Å². The number of fused-ring (bicyclic) bond motifs is 1. The molecule has 0 radical (unpaired) electrons. The molecule has 0 bridgehead atoms. The smallest absolute Gasteiger partial charge is 0.0961 e. The summed E-state index contributed by atoms with van der Waals surface area (Å²) in [5.41, 5.74) is 5.16. The molecule has 0 amide bonds. The van der Waals surface area contributed by atoms with Crippen LogP contribution in [0.1, 0.15) is 11.1 Å². The number of aryl methyl sites for hydroxylation is 2. The molecule has 0 aliphatic rings. The van der Waals surface area contributed by atoms with Crippen LogP contribution in [0.4, 0.5) is 11.4 Å². The third kappa shape index (κ3) is 3.84. The summed E-state index contributed by atoms with van der Waals surface area (Å²) in [5.74, 6) is 0. The average molecular weight is 316 g/mol. The lowest BCUT2D eigenvalue weighted by Crippen LogP contribution is -2.12. The minimum absolute atomic E-state index is 0.820. The minimum Gasteiger partial charge on any atom is -0.326 e. The van der Waals surface area contributed by atoms with Gasteiger partial charge in [-0.2, -0.15) is 0 Å². The van der Waals surface area contributed by atoms with Crippen molar-refractivity contribution in [1.82, 2.24) is 9.88 Å². The number of rotatable bonds is 4. The van der Waals surface area contributed by atoms with Crippen molar-refractivity contribution in [3.8, 4) is 0 Å². The molecule has 0 spiro atoms. The van der Waals surface area contributed by atoms with E-state index in [1.807, 2.05) is 48.3 Å². The van der Waals surface area contributed by atoms with Crippen molar-refractivity contribution < 1.29 is 0 Å². The Balaban J connectivity index is 1.71. The summed E-state index contributed by atoms with van der Waals surface area (Å²) in [6.07, 6.45) is 5.27. The first-order chi connectivity index (χ1) is 11.6. The van der Waals surface area contributed by atoms with Crippen molar-refractivity contribution in [2.45, 2.75) is 13.8 Å². The van der Waals surface area contributed by atoms with Gasteiger partial charge in [0.15, 0.2) is 0 Å². The Morgan fingerprint density at radius 1 is 0.958 bits per heavy atom. The van der Waals surface area contributed by atoms with E-state index in [9.17, 15) is 0 Å². The Kier molecular flexibility index (Phi) is 4.66. The van der Waals surface area contributed by atoms with Crippen molar-refractivity contribution in [3.05, 3.63) is 65.9 Å². The normalized spacial score (nSPS) is 11.6. The fourth-order valence-corrected chi connectivity index (χ4v) is 2.42. The third-order valence-corrected chi connectivity index (χ3v) is 3.70. The fourth-order valence-electron chi connectivity index (χ4n) is 2.42. The Labute approximate surface area is 142 Å². The molecule has 1 heterocycles. The Morgan fingerprint density at radius 2 is 1.75 bits per heavy atom. The first-order valence-electron chi connectivity index (χ1n) is 7.84. The zero-order valence-corrected chi connectivity index (χ0v) is 14.1. The van der Waals surface area contributed by atoms with Crippen molar-refractivity contribution in [3.63, 3.8) is 0 Å². The van der Waals surface area contributed by atoms with Crippen LogP contribution in [0.25, 0.3) is 10.9 Å². The molecule has 3 aromatic rings. The van der Waals surface area contributed by atoms with Crippen LogP contribution < -0.4 is 0 Å². The van der Waals surface area contributed by atoms with Crippen molar-refractivity contribution in [1.29, 1.82) is 0 Å². The van der Waals surface area contributed by atoms with E-state index in [-0.39, 0.29) is 0 Å². The summed E-state index contributed by atoms with van der Waals surface area (Å²) >= 11 is 0. The first-order valence-corrected chi connectivity index (χ1v) is 7.84. The summed E-state index contributed by atoms with van der Waals surface area (Å²) in [6.45, 7) is 4.14. The number of pyridine rings is 1. The predicted molar refractivity (Wildman–Crippen MR) is 102 cm³/mol. The molecule has 1 aromatic heterocycles. The van der Waals surface area contributed by atoms with Gasteiger partial charge in [-0.15, -0.1) is 0 Å². The average Bonchev–Trinajstić information content (AvgIpc) is 2.59. The quantitative estimate of drug-likeness (QED) is 0.512. The minimum atomic E-state index is 0.820. The van der Waals surface area contributed by atoms with Crippen LogP contribution in [-0.4, -0.2) is 29.6 Å². The van der Waals surface area contributed by atoms with Crippen LogP contribution in [0, 0.1) is 13.8 Å². The maximum absolute atomic E-state index is 4.50. The number of hydrogen-bond acceptors (Lipinski definition) is 3. The largest absolute Gasteiger partial charge is 0.326 e. The lowest BCUT2D eigenvalue weighted by atomic mass is 10.1. The Bertz CT molecular complexity index is 912. The SMILES string of the molecule is Cc1ccc(N=CN(C)C=Nc2cnc3ccccc3c2)c(C)c1. The molecule has 0 fully saturated rings. The standard InChI is InChI=1S/C20H20N4/c1-15-8-9-19(16(2)10-15)23-14-24(3)13-22-18-11-17-6-4-5-7-20(17)21-12-18/h4-14H,1-3H3. The van der Waals surface area contributed by atoms with Crippen LogP contribution in [0.15, 0.2) is 64.7 Å². The number of aromatic nitrogens is 1. The highest BCUT2D eigenvalue weighted by molar-refractivity contribution is 5.83. The van der Waals surface area contributed by atoms with Crippen LogP contribution in [0.5, 0.6) is 0 Å². The van der Waals surface area contributed by atoms with Crippen LogP contribution in [0.2, 0.25) is 0 Å². The molecule has 0 saturated heterocycles. The lowest BCUT2D eigenvalue weighted by Gasteiger charge is -2.06. The number of para-hydroxylation sites is 1. The van der Waals surface area contributed by atoms with Crippen LogP contribution >= 0.6 is 0 Å². The number of aliphatic imine (C=N–C) groups is 2. The van der Waals surface area contributed by atoms with E-state index in [0.717, 1.165) is 27.8 Å². The van der Waals surface area contributed by atoms with Gasteiger partial charge in [-0.25, -0.2) is 9.98 Å². The topological polar surface area (TPSA) is 40.9 Å². The van der Waals surface area contributed by atoms with Crippen LogP contribution in [0.3, 0.4) is 0 Å². The summed E-state index contributed by atoms with van der Waals surface area (Å²) in [4.78, 5) is 15.2. The third-order valence-electron chi connectivity index (χ3n) is 3.70. The molecular weight excluding hydrogens is 296 g/mol. The van der Waals surface area contributed by atoms with Crippen molar-refractivity contribution in [2.75, 3.05) is 7.05 Å². The second-order valence-electron chi connectivity index (χ2n) is 5.83. The van der Waals surface area contributed by atoms with Gasteiger partial charge >= 0.3 is 0 Å². The maximum Gasteiger partial charge on any atom is 0.0961 e. The molecule has 0 aliphatic carbocycles. The zero-order chi connectivity index (χ0) is 16.9. The molecule has 0 atom stereocenters. The summed E-state index contributed by atoms with van der Waals surface area (Å²) < 4.78 is 0. The maximum atomic E-state index is 4.50. The number of hydrogen-bond donors (Lipinski definition) is 0. The predicted octanol–water partition coefficient (Wildman–Crippen LogP) is 4.80. The lowest BCUT2D eigenvalue weighted by molar-refractivity contribution is 0.802. The molecule has 4 heteroatoms. The molecule has 0 saturated carbocycles. The van der Waals surface area contributed by atoms with Crippen molar-refractivity contribution >= 4 is 35.0 Å². The molecule has 120 valence electrons. The molecule has 0 unspecified atom stereocenters. The van der Waals surface area contributed by atoms with E-state index < -0.39 is 0 Å². The molecule has 3 rings (SSSR count). The van der Waals surface area contributed by atoms with Gasteiger partial charge in [-0.05, 0) is 37.6 Å². The molecule has 24 heavy (non-hydrogen) atoms. The highest BCUT2D eigenvalue weighted by Crippen LogP contribution is 2.19. The second-order valence-corrected chi connectivity index (χ2v) is 5.83. The molecule has 2 aromatic carbocycles. The molecule has 4 nitrogen and oxygen atoms in total. The van der Waals surface area contributed by atoms with E-state index in [1.165, 1.54) is 5.56 Å². The van der Waals surface area contributed by atoms with E-state index in [0.29, 0.717) is 0 Å². The van der Waals surface area contributed by atoms with Crippen LogP contribution in [-0.2, 0) is 0 Å². The van der Waals surface area contributed by atoms with Gasteiger partial charge in [0.1, 0.15) is 0 Å². The second kappa shape index (κ2) is 7.04. The summed E-state index contributed by atoms with van der Waals surface area (Å²) in [6, 6.07) is 16.2. The van der Waals surface area contributed by atoms with Gasteiger partial charge in [0, 0.05) is 12.4 Å². The highest BCUT2D eigenvalue weighted by atomic mass is 15.1. The summed E-state index contributed by atoms with van der Waals surface area (Å²) in [7, 11) is 1.91. The monoisotopic (exact) mass is 316 g/mol. The van der Waals surface area contributed by atoms with E-state index in [4.69, 9.17) is 0 Å². The van der Waals surface area contributed by atoms with Gasteiger partial charge in [-0.3, -0.25) is 4.98 Å². The van der Waals surface area contributed by atoms with Gasteiger partial charge in [0.25, 0.3) is 0 Å². The van der Waals surface area contributed by atoms with E-state index in [1.54, 1.807) is 18.9 Å². The van der Waals surface area contributed by atoms with Gasteiger partial charge < -0.3 is 4.90 Å². The molecular formula is C20H20N4. The fraction of sp³-hybridized carbons (Fsp3) is 0.150. The molecule has 0 N–H and O–H groups in total. The van der Waals surface area contributed by atoms with E-state index >= 15 is 0 Å². The van der Waals surface area contributed by atoms with Crippen molar-refractivity contribution in [2.24, 2.45) is 9.98 Å². The van der Waals surface area contributed by atoms with Gasteiger partial charge in [-0.1, -0.05) is 35.9 Å². The number of nitrogens with zero attached hydrogens (tertiary/aromatic N) is 4. The first kappa shape index (κ1) is 15.9. The summed E-state index contributed by atoms with van der Waals surface area (Å²) in [5, 5.41) is 1.08. The molecule has 0 aliphatic heterocycles. The number of benzene rings is 2. The van der Waals surface area contributed by atoms with Gasteiger partial charge in [0.2, 0.25) is 0 Å². The highest BCUT2D eigenvalue weighted by Gasteiger charge is 1.97. The Hall–Kier alpha value is -3.01. The van der Waals surface area contributed by atoms with Gasteiger partial charge in [0.05, 0.1) is 35.8 Å². The Morgan fingerprint density at radius 3 is 2.58 bits per heavy atom. The zero-order valence-electron chi connectivity index (χ0n) is 14.1.